The van der Waals surface area contributed by atoms with E-state index in [1.807, 2.05) is 24.5 Å². The number of fused-ring (bicyclic) bond motifs is 1. The normalized spacial score (nSPS) is 19.1. The summed E-state index contributed by atoms with van der Waals surface area (Å²) in [5.74, 6) is 0.443. The predicted molar refractivity (Wildman–Crippen MR) is 63.3 cm³/mol. The van der Waals surface area contributed by atoms with Crippen LogP contribution in [0.5, 0.6) is 0 Å². The minimum atomic E-state index is 0.443. The zero-order valence-corrected chi connectivity index (χ0v) is 9.13. The number of aryl methyl sites for hydroxylation is 1. The number of hydrogen-bond donors (Lipinski definition) is 0. The van der Waals surface area contributed by atoms with Crippen LogP contribution in [0.3, 0.4) is 0 Å². The third-order valence-electron chi connectivity index (χ3n) is 3.25. The molecule has 3 rings (SSSR count). The second-order valence-corrected chi connectivity index (χ2v) is 4.24. The van der Waals surface area contributed by atoms with E-state index in [4.69, 9.17) is 0 Å². The third-order valence-corrected chi connectivity index (χ3v) is 3.25. The van der Waals surface area contributed by atoms with Crippen LogP contribution in [0, 0.1) is 0 Å². The predicted octanol–water partition coefficient (Wildman–Crippen LogP) is 2.94. The van der Waals surface area contributed by atoms with E-state index < -0.39 is 0 Å². The maximum atomic E-state index is 4.47. The molecule has 2 aromatic rings. The highest BCUT2D eigenvalue weighted by molar-refractivity contribution is 5.33. The van der Waals surface area contributed by atoms with Gasteiger partial charge in [-0.2, -0.15) is 0 Å². The van der Waals surface area contributed by atoms with Crippen molar-refractivity contribution >= 4 is 0 Å². The summed E-state index contributed by atoms with van der Waals surface area (Å²) in [6.45, 7) is 0. The fourth-order valence-corrected chi connectivity index (χ4v) is 2.50. The van der Waals surface area contributed by atoms with Crippen LogP contribution in [0.25, 0.3) is 0 Å². The Morgan fingerprint density at radius 1 is 1.00 bits per heavy atom. The van der Waals surface area contributed by atoms with Gasteiger partial charge in [-0.25, -0.2) is 0 Å². The molecule has 16 heavy (non-hydrogen) atoms. The molecule has 1 aliphatic carbocycles. The van der Waals surface area contributed by atoms with Crippen molar-refractivity contribution in [2.75, 3.05) is 0 Å². The van der Waals surface area contributed by atoms with Gasteiger partial charge in [0.1, 0.15) is 0 Å². The van der Waals surface area contributed by atoms with Gasteiger partial charge in [0.2, 0.25) is 0 Å². The average molecular weight is 210 g/mol. The molecule has 2 nitrogen and oxygen atoms in total. The summed E-state index contributed by atoms with van der Waals surface area (Å²) < 4.78 is 0. The molecule has 0 saturated carbocycles. The smallest absolute Gasteiger partial charge is 0.0479 e. The maximum Gasteiger partial charge on any atom is 0.0479 e. The lowest BCUT2D eigenvalue weighted by Crippen LogP contribution is -2.13. The highest BCUT2D eigenvalue weighted by atomic mass is 14.7. The number of aromatic nitrogens is 2. The van der Waals surface area contributed by atoms with Gasteiger partial charge >= 0.3 is 0 Å². The molecule has 2 heteroatoms. The summed E-state index contributed by atoms with van der Waals surface area (Å²) in [5.41, 5.74) is 3.80. The van der Waals surface area contributed by atoms with Crippen LogP contribution in [-0.4, -0.2) is 9.97 Å². The summed E-state index contributed by atoms with van der Waals surface area (Å²) in [7, 11) is 0. The van der Waals surface area contributed by atoms with Crippen LogP contribution in [0.1, 0.15) is 35.7 Å². The Bertz CT molecular complexity index is 479. The molecule has 0 bridgehead atoms. The Morgan fingerprint density at radius 2 is 1.94 bits per heavy atom. The van der Waals surface area contributed by atoms with Crippen molar-refractivity contribution in [3.63, 3.8) is 0 Å². The molecule has 80 valence electrons. The number of rotatable bonds is 1. The maximum absolute atomic E-state index is 4.47. The second kappa shape index (κ2) is 4.05. The molecule has 0 aromatic carbocycles. The third kappa shape index (κ3) is 1.60. The molecular formula is C14H14N2. The van der Waals surface area contributed by atoms with Crippen molar-refractivity contribution in [1.82, 2.24) is 9.97 Å². The summed E-state index contributed by atoms with van der Waals surface area (Å²) in [5, 5.41) is 0. The summed E-state index contributed by atoms with van der Waals surface area (Å²) in [6.07, 6.45) is 7.28. The van der Waals surface area contributed by atoms with Crippen molar-refractivity contribution in [3.05, 3.63) is 59.7 Å². The monoisotopic (exact) mass is 210 g/mol. The Labute approximate surface area is 95.4 Å². The van der Waals surface area contributed by atoms with Gasteiger partial charge in [0.25, 0.3) is 0 Å². The van der Waals surface area contributed by atoms with E-state index in [0.717, 1.165) is 6.42 Å². The lowest BCUT2D eigenvalue weighted by Gasteiger charge is -2.23. The minimum Gasteiger partial charge on any atom is -0.261 e. The van der Waals surface area contributed by atoms with Gasteiger partial charge in [-0.05, 0) is 43.0 Å². The first-order chi connectivity index (χ1) is 7.95. The highest BCUT2D eigenvalue weighted by Crippen LogP contribution is 2.34. The van der Waals surface area contributed by atoms with Gasteiger partial charge in [-0.3, -0.25) is 9.97 Å². The van der Waals surface area contributed by atoms with Crippen molar-refractivity contribution in [2.45, 2.75) is 25.2 Å². The van der Waals surface area contributed by atoms with E-state index in [0.29, 0.717) is 5.92 Å². The SMILES string of the molecule is c1ccc(C2CCCc3ncccc32)nc1. The van der Waals surface area contributed by atoms with Crippen LogP contribution in [0.2, 0.25) is 0 Å². The fourth-order valence-electron chi connectivity index (χ4n) is 2.50. The van der Waals surface area contributed by atoms with Gasteiger partial charge in [0.15, 0.2) is 0 Å². The average Bonchev–Trinajstić information content (AvgIpc) is 2.39. The molecule has 1 aliphatic rings. The standard InChI is InChI=1S/C14H14N2/c1-2-9-15-13(7-1)11-5-3-8-14-12(11)6-4-10-16-14/h1-2,4,6-7,9-11H,3,5,8H2. The topological polar surface area (TPSA) is 25.8 Å². The number of nitrogens with zero attached hydrogens (tertiary/aromatic N) is 2. The van der Waals surface area contributed by atoms with Crippen molar-refractivity contribution in [1.29, 1.82) is 0 Å². The Hall–Kier alpha value is -1.70. The van der Waals surface area contributed by atoms with E-state index in [2.05, 4.69) is 28.2 Å². The first-order valence-electron chi connectivity index (χ1n) is 5.80. The van der Waals surface area contributed by atoms with E-state index in [1.165, 1.54) is 29.8 Å². The Morgan fingerprint density at radius 3 is 2.81 bits per heavy atom. The molecule has 0 spiro atoms. The molecule has 0 radical (unpaired) electrons. The quantitative estimate of drug-likeness (QED) is 0.723. The molecule has 1 atom stereocenters. The number of hydrogen-bond acceptors (Lipinski definition) is 2. The molecular weight excluding hydrogens is 196 g/mol. The summed E-state index contributed by atoms with van der Waals surface area (Å²) in [6, 6.07) is 10.4. The van der Waals surface area contributed by atoms with Gasteiger partial charge in [-0.15, -0.1) is 0 Å². The van der Waals surface area contributed by atoms with E-state index in [9.17, 15) is 0 Å². The summed E-state index contributed by atoms with van der Waals surface area (Å²) >= 11 is 0. The first kappa shape index (κ1) is 9.52. The lowest BCUT2D eigenvalue weighted by molar-refractivity contribution is 0.592. The van der Waals surface area contributed by atoms with E-state index >= 15 is 0 Å². The van der Waals surface area contributed by atoms with Crippen LogP contribution in [0.15, 0.2) is 42.7 Å². The van der Waals surface area contributed by atoms with Gasteiger partial charge in [0.05, 0.1) is 0 Å². The molecule has 2 heterocycles. The molecule has 0 amide bonds. The molecule has 0 aliphatic heterocycles. The van der Waals surface area contributed by atoms with Crippen molar-refractivity contribution in [3.8, 4) is 0 Å². The van der Waals surface area contributed by atoms with Gasteiger partial charge in [0, 0.05) is 29.7 Å². The first-order valence-corrected chi connectivity index (χ1v) is 5.80. The van der Waals surface area contributed by atoms with Crippen LogP contribution >= 0.6 is 0 Å². The largest absolute Gasteiger partial charge is 0.261 e. The number of pyridine rings is 2. The zero-order chi connectivity index (χ0) is 10.8. The second-order valence-electron chi connectivity index (χ2n) is 4.24. The van der Waals surface area contributed by atoms with E-state index in [1.54, 1.807) is 0 Å². The minimum absolute atomic E-state index is 0.443. The zero-order valence-electron chi connectivity index (χ0n) is 9.13. The highest BCUT2D eigenvalue weighted by Gasteiger charge is 2.22. The molecule has 2 aromatic heterocycles. The fraction of sp³-hybridized carbons (Fsp3) is 0.286. The molecule has 1 unspecified atom stereocenters. The van der Waals surface area contributed by atoms with Crippen LogP contribution in [-0.2, 0) is 6.42 Å². The van der Waals surface area contributed by atoms with E-state index in [-0.39, 0.29) is 0 Å². The summed E-state index contributed by atoms with van der Waals surface area (Å²) in [4.78, 5) is 8.94. The Balaban J connectivity index is 2.05. The van der Waals surface area contributed by atoms with Gasteiger partial charge in [-0.1, -0.05) is 12.1 Å². The molecule has 0 fully saturated rings. The van der Waals surface area contributed by atoms with Crippen LogP contribution in [0.4, 0.5) is 0 Å². The lowest BCUT2D eigenvalue weighted by atomic mass is 9.83. The Kier molecular flexibility index (Phi) is 2.41. The van der Waals surface area contributed by atoms with Crippen molar-refractivity contribution in [2.24, 2.45) is 0 Å². The molecule has 0 saturated heterocycles. The van der Waals surface area contributed by atoms with Crippen LogP contribution < -0.4 is 0 Å². The van der Waals surface area contributed by atoms with Crippen molar-refractivity contribution < 1.29 is 0 Å². The van der Waals surface area contributed by atoms with Gasteiger partial charge < -0.3 is 0 Å². The molecule has 0 N–H and O–H groups in total.